The fourth-order valence-electron chi connectivity index (χ4n) is 0.648. The van der Waals surface area contributed by atoms with Gasteiger partial charge in [-0.3, -0.25) is 4.79 Å². The van der Waals surface area contributed by atoms with E-state index in [1.54, 1.807) is 0 Å². The number of alkyl halides is 3. The summed E-state index contributed by atoms with van der Waals surface area (Å²) < 4.78 is 34.8. The highest BCUT2D eigenvalue weighted by Gasteiger charge is 2.27. The molecule has 0 aromatic heterocycles. The summed E-state index contributed by atoms with van der Waals surface area (Å²) in [7, 11) is 0. The molecule has 1 atom stereocenters. The number of nitrogens with one attached hydrogen (secondary N) is 1. The average molecular weight is 199 g/mol. The molecule has 1 amide bonds. The molecule has 0 rings (SSSR count). The van der Waals surface area contributed by atoms with Crippen molar-refractivity contribution in [1.82, 2.24) is 5.32 Å². The van der Waals surface area contributed by atoms with Gasteiger partial charge in [-0.15, -0.1) is 0 Å². The number of hydrogen-bond acceptors (Lipinski definition) is 2. The second-order valence-electron chi connectivity index (χ2n) is 2.77. The predicted octanol–water partition coefficient (Wildman–Crippen LogP) is 0.826. The second-order valence-corrected chi connectivity index (χ2v) is 2.77. The number of halogens is 3. The molecule has 0 fully saturated rings. The fraction of sp³-hybridized carbons (Fsp3) is 0.857. The number of hydrogen-bond donors (Lipinski definition) is 2. The normalized spacial score (nSPS) is 13.9. The van der Waals surface area contributed by atoms with Gasteiger partial charge in [0.2, 0.25) is 5.91 Å². The maximum Gasteiger partial charge on any atom is 0.389 e. The van der Waals surface area contributed by atoms with Crippen molar-refractivity contribution in [3.05, 3.63) is 0 Å². The molecule has 2 N–H and O–H groups in total. The first-order valence-electron chi connectivity index (χ1n) is 3.82. The largest absolute Gasteiger partial charge is 0.394 e. The van der Waals surface area contributed by atoms with Crippen molar-refractivity contribution in [3.8, 4) is 0 Å². The van der Waals surface area contributed by atoms with Gasteiger partial charge in [0.05, 0.1) is 13.0 Å². The molecule has 13 heavy (non-hydrogen) atoms. The molecule has 3 nitrogen and oxygen atoms in total. The van der Waals surface area contributed by atoms with E-state index in [4.69, 9.17) is 5.11 Å². The van der Waals surface area contributed by atoms with Crippen LogP contribution in [0.15, 0.2) is 0 Å². The van der Waals surface area contributed by atoms with Crippen molar-refractivity contribution in [1.29, 1.82) is 0 Å². The summed E-state index contributed by atoms with van der Waals surface area (Å²) in [5.74, 6) is -0.695. The van der Waals surface area contributed by atoms with Crippen LogP contribution in [0.2, 0.25) is 0 Å². The van der Waals surface area contributed by atoms with Crippen molar-refractivity contribution in [2.24, 2.45) is 0 Å². The van der Waals surface area contributed by atoms with E-state index in [-0.39, 0.29) is 6.61 Å². The smallest absolute Gasteiger partial charge is 0.389 e. The number of rotatable bonds is 4. The van der Waals surface area contributed by atoms with Crippen LogP contribution in [0.1, 0.15) is 19.8 Å². The molecule has 78 valence electrons. The number of amides is 1. The maximum atomic E-state index is 11.6. The Morgan fingerprint density at radius 1 is 1.54 bits per heavy atom. The van der Waals surface area contributed by atoms with E-state index in [0.29, 0.717) is 0 Å². The highest BCUT2D eigenvalue weighted by atomic mass is 19.4. The molecule has 0 aromatic rings. The molecule has 0 saturated heterocycles. The predicted molar refractivity (Wildman–Crippen MR) is 40.0 cm³/mol. The van der Waals surface area contributed by atoms with E-state index < -0.39 is 31.0 Å². The Hall–Kier alpha value is -0.780. The molecule has 0 bridgehead atoms. The van der Waals surface area contributed by atoms with Crippen LogP contribution in [0.4, 0.5) is 13.2 Å². The van der Waals surface area contributed by atoms with Gasteiger partial charge >= 0.3 is 6.18 Å². The highest BCUT2D eigenvalue weighted by molar-refractivity contribution is 5.76. The maximum absolute atomic E-state index is 11.6. The first-order valence-corrected chi connectivity index (χ1v) is 3.82. The molecule has 6 heteroatoms. The summed E-state index contributed by atoms with van der Waals surface area (Å²) in [4.78, 5) is 10.7. The van der Waals surface area contributed by atoms with Crippen molar-refractivity contribution < 1.29 is 23.1 Å². The van der Waals surface area contributed by atoms with Gasteiger partial charge in [0.25, 0.3) is 0 Å². The van der Waals surface area contributed by atoms with E-state index in [9.17, 15) is 18.0 Å². The van der Waals surface area contributed by atoms with Crippen LogP contribution < -0.4 is 5.32 Å². The average Bonchev–Trinajstić information content (AvgIpc) is 1.99. The first kappa shape index (κ1) is 12.2. The SMILES string of the molecule is C[C@H](CO)NC(=O)CCC(F)(F)F. The van der Waals surface area contributed by atoms with Crippen LogP contribution >= 0.6 is 0 Å². The Labute approximate surface area is 73.9 Å². The third kappa shape index (κ3) is 7.58. The van der Waals surface area contributed by atoms with Gasteiger partial charge in [-0.2, -0.15) is 13.2 Å². The minimum absolute atomic E-state index is 0.280. The molecule has 0 aliphatic rings. The van der Waals surface area contributed by atoms with Gasteiger partial charge in [-0.25, -0.2) is 0 Å². The zero-order valence-electron chi connectivity index (χ0n) is 7.19. The van der Waals surface area contributed by atoms with E-state index in [1.807, 2.05) is 0 Å². The van der Waals surface area contributed by atoms with Crippen LogP contribution in [-0.2, 0) is 4.79 Å². The van der Waals surface area contributed by atoms with E-state index in [1.165, 1.54) is 6.92 Å². The third-order valence-corrected chi connectivity index (χ3v) is 1.32. The third-order valence-electron chi connectivity index (χ3n) is 1.32. The van der Waals surface area contributed by atoms with Crippen molar-refractivity contribution in [2.75, 3.05) is 6.61 Å². The Morgan fingerprint density at radius 2 is 2.08 bits per heavy atom. The number of aliphatic hydroxyl groups excluding tert-OH is 1. The molecule has 0 heterocycles. The first-order chi connectivity index (χ1) is 5.85. The number of carbonyl (C=O) groups excluding carboxylic acids is 1. The zero-order valence-corrected chi connectivity index (χ0v) is 7.19. The zero-order chi connectivity index (χ0) is 10.5. The lowest BCUT2D eigenvalue weighted by molar-refractivity contribution is -0.144. The van der Waals surface area contributed by atoms with Gasteiger partial charge in [0, 0.05) is 12.5 Å². The summed E-state index contributed by atoms with van der Waals surface area (Å²) in [6, 6.07) is -0.499. The molecular weight excluding hydrogens is 187 g/mol. The summed E-state index contributed by atoms with van der Waals surface area (Å²) in [6.45, 7) is 1.23. The van der Waals surface area contributed by atoms with E-state index in [0.717, 1.165) is 0 Å². The van der Waals surface area contributed by atoms with E-state index >= 15 is 0 Å². The van der Waals surface area contributed by atoms with Gasteiger partial charge in [-0.05, 0) is 6.92 Å². The lowest BCUT2D eigenvalue weighted by Gasteiger charge is -2.11. The summed E-state index contributed by atoms with van der Waals surface area (Å²) in [6.07, 6.45) is -6.02. The van der Waals surface area contributed by atoms with Crippen molar-refractivity contribution in [3.63, 3.8) is 0 Å². The lowest BCUT2D eigenvalue weighted by Crippen LogP contribution is -2.35. The lowest BCUT2D eigenvalue weighted by atomic mass is 10.2. The van der Waals surface area contributed by atoms with Gasteiger partial charge < -0.3 is 10.4 Å². The Bertz CT molecular complexity index is 170. The molecule has 0 aliphatic heterocycles. The Morgan fingerprint density at radius 3 is 2.46 bits per heavy atom. The van der Waals surface area contributed by atoms with Crippen LogP contribution in [0, 0.1) is 0 Å². The number of carbonyl (C=O) groups is 1. The number of aliphatic hydroxyl groups is 1. The van der Waals surface area contributed by atoms with Gasteiger partial charge in [-0.1, -0.05) is 0 Å². The van der Waals surface area contributed by atoms with Crippen molar-refractivity contribution in [2.45, 2.75) is 32.0 Å². The highest BCUT2D eigenvalue weighted by Crippen LogP contribution is 2.20. The minimum Gasteiger partial charge on any atom is -0.394 e. The van der Waals surface area contributed by atoms with Gasteiger partial charge in [0.1, 0.15) is 0 Å². The topological polar surface area (TPSA) is 49.3 Å². The molecule has 0 aromatic carbocycles. The monoisotopic (exact) mass is 199 g/mol. The Kier molecular flexibility index (Phi) is 4.76. The molecule has 0 radical (unpaired) electrons. The molecule has 0 spiro atoms. The second kappa shape index (κ2) is 5.06. The molecule has 0 saturated carbocycles. The molecule has 0 aliphatic carbocycles. The van der Waals surface area contributed by atoms with Gasteiger partial charge in [0.15, 0.2) is 0 Å². The van der Waals surface area contributed by atoms with Crippen LogP contribution in [0.25, 0.3) is 0 Å². The van der Waals surface area contributed by atoms with Crippen LogP contribution in [0.3, 0.4) is 0 Å². The summed E-state index contributed by atoms with van der Waals surface area (Å²) in [5, 5.41) is 10.7. The van der Waals surface area contributed by atoms with E-state index in [2.05, 4.69) is 5.32 Å². The minimum atomic E-state index is -4.31. The molecular formula is C7H12F3NO2. The quantitative estimate of drug-likeness (QED) is 0.704. The van der Waals surface area contributed by atoms with Crippen LogP contribution in [0.5, 0.6) is 0 Å². The molecule has 0 unspecified atom stereocenters. The standard InChI is InChI=1S/C7H12F3NO2/c1-5(4-12)11-6(13)2-3-7(8,9)10/h5,12H,2-4H2,1H3,(H,11,13)/t5-/m1/s1. The van der Waals surface area contributed by atoms with Crippen LogP contribution in [-0.4, -0.2) is 29.8 Å². The van der Waals surface area contributed by atoms with Crippen molar-refractivity contribution >= 4 is 5.91 Å². The summed E-state index contributed by atoms with van der Waals surface area (Å²) in [5.41, 5.74) is 0. The summed E-state index contributed by atoms with van der Waals surface area (Å²) >= 11 is 0. The Balaban J connectivity index is 3.64. The fourth-order valence-corrected chi connectivity index (χ4v) is 0.648.